The molecular weight excluding hydrogens is 628 g/mol. The highest BCUT2D eigenvalue weighted by molar-refractivity contribution is 7.90. The number of carbonyl (C=O) groups excluding carboxylic acids is 2. The molecule has 1 aliphatic heterocycles. The SMILES string of the molecule is NC(=O)c1cc(-c2cccnc2C(Cc2cc(F)cc(F)c2)NC(=O)Cn2nc(C(F)(F)F)c3c2CCS(=O)(=O)C3)ccc1F. The molecule has 2 aromatic heterocycles. The highest BCUT2D eigenvalue weighted by Crippen LogP contribution is 2.36. The molecule has 236 valence electrons. The van der Waals surface area contributed by atoms with Gasteiger partial charge in [0, 0.05) is 35.5 Å². The van der Waals surface area contributed by atoms with E-state index in [9.17, 15) is 44.3 Å². The monoisotopic (exact) mass is 651 g/mol. The lowest BCUT2D eigenvalue weighted by atomic mass is 9.94. The zero-order valence-electron chi connectivity index (χ0n) is 23.0. The van der Waals surface area contributed by atoms with Crippen molar-refractivity contribution in [2.75, 3.05) is 5.75 Å². The van der Waals surface area contributed by atoms with Gasteiger partial charge in [-0.2, -0.15) is 18.3 Å². The van der Waals surface area contributed by atoms with Crippen LogP contribution in [-0.4, -0.2) is 40.7 Å². The van der Waals surface area contributed by atoms with Crippen LogP contribution in [0.2, 0.25) is 0 Å². The van der Waals surface area contributed by atoms with Gasteiger partial charge in [0.25, 0.3) is 5.91 Å². The molecule has 0 bridgehead atoms. The second-order valence-electron chi connectivity index (χ2n) is 10.4. The molecule has 0 saturated carbocycles. The Morgan fingerprint density at radius 3 is 2.42 bits per heavy atom. The normalized spacial score (nSPS) is 14.9. The van der Waals surface area contributed by atoms with Crippen LogP contribution in [0.15, 0.2) is 54.7 Å². The van der Waals surface area contributed by atoms with E-state index in [1.54, 1.807) is 0 Å². The number of fused-ring (bicyclic) bond motifs is 1. The molecular formula is C29H23F6N5O4S. The van der Waals surface area contributed by atoms with Crippen LogP contribution in [0, 0.1) is 17.5 Å². The third-order valence-electron chi connectivity index (χ3n) is 7.15. The molecule has 4 aromatic rings. The van der Waals surface area contributed by atoms with Crippen molar-refractivity contribution in [3.63, 3.8) is 0 Å². The number of sulfone groups is 1. The third-order valence-corrected chi connectivity index (χ3v) is 8.71. The zero-order valence-corrected chi connectivity index (χ0v) is 23.9. The van der Waals surface area contributed by atoms with Crippen LogP contribution in [0.4, 0.5) is 26.3 Å². The first-order chi connectivity index (χ1) is 21.1. The van der Waals surface area contributed by atoms with Gasteiger partial charge < -0.3 is 11.1 Å². The van der Waals surface area contributed by atoms with Gasteiger partial charge in [-0.25, -0.2) is 21.6 Å². The Morgan fingerprint density at radius 2 is 1.76 bits per heavy atom. The summed E-state index contributed by atoms with van der Waals surface area (Å²) in [6, 6.07) is 8.06. The molecule has 2 aromatic carbocycles. The Kier molecular flexibility index (Phi) is 8.44. The summed E-state index contributed by atoms with van der Waals surface area (Å²) in [6.07, 6.45) is -4.18. The topological polar surface area (TPSA) is 137 Å². The van der Waals surface area contributed by atoms with E-state index in [-0.39, 0.29) is 40.9 Å². The summed E-state index contributed by atoms with van der Waals surface area (Å²) < 4.78 is 109. The van der Waals surface area contributed by atoms with Crippen molar-refractivity contribution in [2.45, 2.75) is 37.4 Å². The van der Waals surface area contributed by atoms with Gasteiger partial charge in [-0.15, -0.1) is 0 Å². The number of rotatable bonds is 8. The summed E-state index contributed by atoms with van der Waals surface area (Å²) in [6.45, 7) is -0.753. The molecule has 0 saturated heterocycles. The molecule has 1 atom stereocenters. The number of aromatic nitrogens is 3. The van der Waals surface area contributed by atoms with Crippen LogP contribution in [-0.2, 0) is 45.9 Å². The Labute approximate surface area is 252 Å². The number of hydrogen-bond acceptors (Lipinski definition) is 6. The average Bonchev–Trinajstić information content (AvgIpc) is 3.28. The predicted octanol–water partition coefficient (Wildman–Crippen LogP) is 4.05. The van der Waals surface area contributed by atoms with Gasteiger partial charge >= 0.3 is 6.18 Å². The summed E-state index contributed by atoms with van der Waals surface area (Å²) in [4.78, 5) is 29.5. The minimum absolute atomic E-state index is 0.0557. The van der Waals surface area contributed by atoms with Crippen LogP contribution in [0.25, 0.3) is 11.1 Å². The predicted molar refractivity (Wildman–Crippen MR) is 148 cm³/mol. The lowest BCUT2D eigenvalue weighted by Crippen LogP contribution is -2.34. The summed E-state index contributed by atoms with van der Waals surface area (Å²) in [5.41, 5.74) is 3.61. The Hall–Kier alpha value is -4.73. The van der Waals surface area contributed by atoms with Crippen molar-refractivity contribution in [2.24, 2.45) is 5.73 Å². The van der Waals surface area contributed by atoms with Gasteiger partial charge in [-0.05, 0) is 47.9 Å². The molecule has 0 fully saturated rings. The molecule has 9 nitrogen and oxygen atoms in total. The van der Waals surface area contributed by atoms with Gasteiger partial charge in [-0.1, -0.05) is 12.1 Å². The molecule has 2 amide bonds. The van der Waals surface area contributed by atoms with Crippen molar-refractivity contribution in [1.29, 1.82) is 0 Å². The number of nitrogens with two attached hydrogens (primary N) is 1. The number of carbonyl (C=O) groups is 2. The van der Waals surface area contributed by atoms with Crippen molar-refractivity contribution in [3.05, 3.63) is 106 Å². The number of pyridine rings is 1. The van der Waals surface area contributed by atoms with Gasteiger partial charge in [0.05, 0.1) is 28.8 Å². The number of primary amides is 1. The number of nitrogens with zero attached hydrogens (tertiary/aromatic N) is 3. The second kappa shape index (κ2) is 12.0. The van der Waals surface area contributed by atoms with Crippen LogP contribution in [0.5, 0.6) is 0 Å². The molecule has 3 heterocycles. The number of amides is 2. The van der Waals surface area contributed by atoms with E-state index in [4.69, 9.17) is 5.73 Å². The second-order valence-corrected chi connectivity index (χ2v) is 12.6. The number of nitrogens with one attached hydrogen (secondary N) is 1. The van der Waals surface area contributed by atoms with E-state index in [0.29, 0.717) is 6.07 Å². The zero-order chi connectivity index (χ0) is 32.7. The van der Waals surface area contributed by atoms with Crippen LogP contribution < -0.4 is 11.1 Å². The van der Waals surface area contributed by atoms with Crippen LogP contribution >= 0.6 is 0 Å². The largest absolute Gasteiger partial charge is 0.435 e. The minimum atomic E-state index is -4.98. The number of alkyl halides is 3. The average molecular weight is 652 g/mol. The van der Waals surface area contributed by atoms with Gasteiger partial charge in [0.15, 0.2) is 15.5 Å². The fourth-order valence-corrected chi connectivity index (χ4v) is 6.64. The molecule has 5 rings (SSSR count). The van der Waals surface area contributed by atoms with Gasteiger partial charge in [0.2, 0.25) is 5.91 Å². The van der Waals surface area contributed by atoms with E-state index in [1.165, 1.54) is 30.5 Å². The number of benzene rings is 2. The molecule has 3 N–H and O–H groups in total. The summed E-state index contributed by atoms with van der Waals surface area (Å²) in [5.74, 6) is -5.93. The summed E-state index contributed by atoms with van der Waals surface area (Å²) >= 11 is 0. The lowest BCUT2D eigenvalue weighted by Gasteiger charge is -2.22. The van der Waals surface area contributed by atoms with Crippen molar-refractivity contribution in [1.82, 2.24) is 20.1 Å². The maximum atomic E-state index is 14.2. The van der Waals surface area contributed by atoms with E-state index in [0.717, 1.165) is 22.9 Å². The molecule has 0 spiro atoms. The Bertz CT molecular complexity index is 1910. The third kappa shape index (κ3) is 7.00. The molecule has 0 radical (unpaired) electrons. The first-order valence-electron chi connectivity index (χ1n) is 13.3. The van der Waals surface area contributed by atoms with E-state index in [2.05, 4.69) is 15.4 Å². The maximum Gasteiger partial charge on any atom is 0.435 e. The molecule has 45 heavy (non-hydrogen) atoms. The van der Waals surface area contributed by atoms with E-state index < -0.39 is 86.2 Å². The van der Waals surface area contributed by atoms with Gasteiger partial charge in [-0.3, -0.25) is 19.3 Å². The molecule has 1 unspecified atom stereocenters. The fourth-order valence-electron chi connectivity index (χ4n) is 5.25. The Balaban J connectivity index is 1.54. The van der Waals surface area contributed by atoms with E-state index in [1.807, 2.05) is 0 Å². The fraction of sp³-hybridized carbons (Fsp3) is 0.241. The standard InChI is InChI=1S/C29H23F6N5O4S/c30-17-8-15(9-18(31)12-17)10-23(26-19(2-1-6-37-26)16-3-4-22(32)20(11-16)28(36)42)38-25(41)13-40-24-5-7-45(43,44)14-21(24)27(39-40)29(33,34)35/h1-4,6,8-9,11-12,23H,5,7,10,13-14H2,(H2,36,42)(H,38,41). The minimum Gasteiger partial charge on any atom is -0.366 e. The first kappa shape index (κ1) is 31.7. The van der Waals surface area contributed by atoms with Crippen LogP contribution in [0.1, 0.15) is 44.6 Å². The quantitative estimate of drug-likeness (QED) is 0.276. The lowest BCUT2D eigenvalue weighted by molar-refractivity contribution is -0.142. The summed E-state index contributed by atoms with van der Waals surface area (Å²) in [5, 5.41) is 6.15. The van der Waals surface area contributed by atoms with Gasteiger partial charge in [0.1, 0.15) is 24.0 Å². The van der Waals surface area contributed by atoms with Crippen LogP contribution in [0.3, 0.4) is 0 Å². The highest BCUT2D eigenvalue weighted by atomic mass is 32.2. The van der Waals surface area contributed by atoms with Crippen molar-refractivity contribution >= 4 is 21.7 Å². The summed E-state index contributed by atoms with van der Waals surface area (Å²) in [7, 11) is -3.81. The molecule has 0 aliphatic carbocycles. The highest BCUT2D eigenvalue weighted by Gasteiger charge is 2.42. The van der Waals surface area contributed by atoms with E-state index >= 15 is 0 Å². The molecule has 16 heteroatoms. The van der Waals surface area contributed by atoms with Crippen molar-refractivity contribution in [3.8, 4) is 11.1 Å². The molecule has 1 aliphatic rings. The Morgan fingerprint density at radius 1 is 1.04 bits per heavy atom. The maximum absolute atomic E-state index is 14.2. The number of halogens is 6. The smallest absolute Gasteiger partial charge is 0.366 e. The van der Waals surface area contributed by atoms with Crippen molar-refractivity contribution < 1.29 is 44.3 Å². The number of hydrogen-bond donors (Lipinski definition) is 2. The first-order valence-corrected chi connectivity index (χ1v) is 15.1.